The van der Waals surface area contributed by atoms with Crippen LogP contribution in [0.1, 0.15) is 47.4 Å². The van der Waals surface area contributed by atoms with E-state index in [2.05, 4.69) is 56.5 Å². The quantitative estimate of drug-likeness (QED) is 0.606. The van der Waals surface area contributed by atoms with Crippen LogP contribution >= 0.6 is 11.3 Å². The van der Waals surface area contributed by atoms with Gasteiger partial charge in [0.05, 0.1) is 6.04 Å². The predicted molar refractivity (Wildman–Crippen MR) is 132 cm³/mol. The number of fused-ring (bicyclic) bond motifs is 1. The van der Waals surface area contributed by atoms with E-state index in [1.54, 1.807) is 18.3 Å². The van der Waals surface area contributed by atoms with Crippen molar-refractivity contribution in [1.82, 2.24) is 9.88 Å². The van der Waals surface area contributed by atoms with Crippen LogP contribution in [0.4, 0.5) is 10.7 Å². The number of carbonyl (C=O) groups excluding carboxylic acids is 1. The minimum Gasteiger partial charge on any atom is -0.369 e. The van der Waals surface area contributed by atoms with Gasteiger partial charge in [-0.2, -0.15) is 0 Å². The van der Waals surface area contributed by atoms with Crippen LogP contribution in [0.2, 0.25) is 0 Å². The summed E-state index contributed by atoms with van der Waals surface area (Å²) in [5.41, 5.74) is 5.26. The van der Waals surface area contributed by atoms with Crippen molar-refractivity contribution >= 4 is 27.9 Å². The third kappa shape index (κ3) is 4.30. The van der Waals surface area contributed by atoms with Crippen LogP contribution < -0.4 is 10.2 Å². The number of aryl methyl sites for hydroxylation is 1. The van der Waals surface area contributed by atoms with E-state index in [1.165, 1.54) is 40.1 Å². The molecule has 3 aromatic rings. The Balaban J connectivity index is 1.51. The van der Waals surface area contributed by atoms with E-state index in [9.17, 15) is 4.79 Å². The summed E-state index contributed by atoms with van der Waals surface area (Å²) in [5.74, 6) is 0.00341. The van der Waals surface area contributed by atoms with Crippen molar-refractivity contribution in [2.75, 3.05) is 36.4 Å². The predicted octanol–water partition coefficient (Wildman–Crippen LogP) is 4.89. The first-order valence-corrected chi connectivity index (χ1v) is 12.4. The molecule has 1 amide bonds. The fraction of sp³-hybridized carbons (Fsp3) is 0.385. The maximum atomic E-state index is 12.1. The Bertz CT molecular complexity index is 1060. The average Bonchev–Trinajstić information content (AvgIpc) is 3.18. The molecule has 1 saturated heterocycles. The largest absolute Gasteiger partial charge is 0.369 e. The Morgan fingerprint density at radius 2 is 1.81 bits per heavy atom. The maximum Gasteiger partial charge on any atom is 0.221 e. The molecule has 1 unspecified atom stereocenters. The van der Waals surface area contributed by atoms with Gasteiger partial charge in [0.15, 0.2) is 0 Å². The number of pyridine rings is 1. The second-order valence-electron chi connectivity index (χ2n) is 8.68. The van der Waals surface area contributed by atoms with Crippen LogP contribution in [0.3, 0.4) is 0 Å². The summed E-state index contributed by atoms with van der Waals surface area (Å²) in [7, 11) is 0. The molecule has 2 aromatic heterocycles. The van der Waals surface area contributed by atoms with Crippen molar-refractivity contribution in [3.63, 3.8) is 0 Å². The van der Waals surface area contributed by atoms with E-state index >= 15 is 0 Å². The highest BCUT2D eigenvalue weighted by Gasteiger charge is 2.33. The van der Waals surface area contributed by atoms with E-state index < -0.39 is 0 Å². The number of anilines is 2. The molecule has 6 heteroatoms. The molecule has 5 nitrogen and oxygen atoms in total. The van der Waals surface area contributed by atoms with Crippen molar-refractivity contribution in [3.8, 4) is 0 Å². The lowest BCUT2D eigenvalue weighted by molar-refractivity contribution is -0.114. The van der Waals surface area contributed by atoms with Gasteiger partial charge >= 0.3 is 0 Å². The number of rotatable bonds is 5. The van der Waals surface area contributed by atoms with Gasteiger partial charge < -0.3 is 10.2 Å². The van der Waals surface area contributed by atoms with Crippen LogP contribution in [-0.4, -0.2) is 42.0 Å². The van der Waals surface area contributed by atoms with Gasteiger partial charge in [-0.15, -0.1) is 11.3 Å². The standard InChI is InChI=1S/C26H30N4OS/c1-19(31)28-26-24(22-11-5-6-12-23(22)32-26)25(20-8-7-13-27-18-20)30-16-14-29(15-17-30)21-9-3-2-4-10-21/h2-4,7-10,13,18,25H,5-6,11-12,14-17H2,1H3,(H,28,31). The van der Waals surface area contributed by atoms with E-state index in [0.29, 0.717) is 0 Å². The summed E-state index contributed by atoms with van der Waals surface area (Å²) < 4.78 is 0. The van der Waals surface area contributed by atoms with Crippen molar-refractivity contribution < 1.29 is 4.79 Å². The van der Waals surface area contributed by atoms with Gasteiger partial charge in [0.2, 0.25) is 5.91 Å². The number of aromatic nitrogens is 1. The van der Waals surface area contributed by atoms with Crippen LogP contribution in [0.15, 0.2) is 54.9 Å². The normalized spacial score (nSPS) is 17.6. The number of hydrogen-bond donors (Lipinski definition) is 1. The lowest BCUT2D eigenvalue weighted by atomic mass is 9.89. The highest BCUT2D eigenvalue weighted by atomic mass is 32.1. The first-order chi connectivity index (χ1) is 15.7. The fourth-order valence-electron chi connectivity index (χ4n) is 5.11. The molecule has 1 fully saturated rings. The van der Waals surface area contributed by atoms with Crippen molar-refractivity contribution in [1.29, 1.82) is 0 Å². The van der Waals surface area contributed by atoms with Crippen LogP contribution in [0.5, 0.6) is 0 Å². The molecule has 2 aliphatic rings. The zero-order valence-corrected chi connectivity index (χ0v) is 19.4. The molecule has 3 heterocycles. The number of thiophene rings is 1. The first-order valence-electron chi connectivity index (χ1n) is 11.6. The highest BCUT2D eigenvalue weighted by Crippen LogP contribution is 2.45. The smallest absolute Gasteiger partial charge is 0.221 e. The Hall–Kier alpha value is -2.70. The Labute approximate surface area is 194 Å². The van der Waals surface area contributed by atoms with Crippen LogP contribution in [0.25, 0.3) is 0 Å². The third-order valence-electron chi connectivity index (χ3n) is 6.58. The maximum absolute atomic E-state index is 12.1. The van der Waals surface area contributed by atoms with Gasteiger partial charge in [-0.1, -0.05) is 24.3 Å². The van der Waals surface area contributed by atoms with E-state index in [0.717, 1.165) is 44.0 Å². The number of carbonyl (C=O) groups is 1. The summed E-state index contributed by atoms with van der Waals surface area (Å²) >= 11 is 1.79. The Kier molecular flexibility index (Phi) is 6.23. The van der Waals surface area contributed by atoms with E-state index in [-0.39, 0.29) is 11.9 Å². The number of piperazine rings is 1. The third-order valence-corrected chi connectivity index (χ3v) is 7.80. The minimum absolute atomic E-state index is 0.00341. The molecule has 0 spiro atoms. The van der Waals surface area contributed by atoms with Crippen LogP contribution in [-0.2, 0) is 17.6 Å². The molecule has 1 aromatic carbocycles. The lowest BCUT2D eigenvalue weighted by Crippen LogP contribution is -2.48. The summed E-state index contributed by atoms with van der Waals surface area (Å²) in [5, 5.41) is 4.21. The van der Waals surface area contributed by atoms with E-state index in [4.69, 9.17) is 0 Å². The molecule has 1 aliphatic heterocycles. The number of amides is 1. The summed E-state index contributed by atoms with van der Waals surface area (Å²) in [6.45, 7) is 5.53. The molecule has 1 aliphatic carbocycles. The molecule has 166 valence electrons. The lowest BCUT2D eigenvalue weighted by Gasteiger charge is -2.41. The van der Waals surface area contributed by atoms with Crippen molar-refractivity contribution in [2.24, 2.45) is 0 Å². The molecular formula is C26H30N4OS. The molecule has 1 atom stereocenters. The van der Waals surface area contributed by atoms with Crippen molar-refractivity contribution in [2.45, 2.75) is 38.6 Å². The molecule has 5 rings (SSSR count). The van der Waals surface area contributed by atoms with Gasteiger partial charge in [-0.25, -0.2) is 0 Å². The monoisotopic (exact) mass is 446 g/mol. The van der Waals surface area contributed by atoms with Crippen molar-refractivity contribution in [3.05, 3.63) is 76.4 Å². The second-order valence-corrected chi connectivity index (χ2v) is 9.79. The Morgan fingerprint density at radius 1 is 1.03 bits per heavy atom. The first kappa shape index (κ1) is 21.2. The molecule has 0 radical (unpaired) electrons. The molecule has 0 bridgehead atoms. The molecule has 1 N–H and O–H groups in total. The zero-order valence-electron chi connectivity index (χ0n) is 18.6. The van der Waals surface area contributed by atoms with Gasteiger partial charge in [-0.3, -0.25) is 14.7 Å². The number of hydrogen-bond acceptors (Lipinski definition) is 5. The van der Waals surface area contributed by atoms with Gasteiger partial charge in [0, 0.05) is 61.6 Å². The number of benzene rings is 1. The number of nitrogens with zero attached hydrogens (tertiary/aromatic N) is 3. The second kappa shape index (κ2) is 9.43. The minimum atomic E-state index is 0.00341. The molecule has 0 saturated carbocycles. The topological polar surface area (TPSA) is 48.5 Å². The number of nitrogens with one attached hydrogen (secondary N) is 1. The van der Waals surface area contributed by atoms with E-state index in [1.807, 2.05) is 18.5 Å². The summed E-state index contributed by atoms with van der Waals surface area (Å²) in [6.07, 6.45) is 8.51. The summed E-state index contributed by atoms with van der Waals surface area (Å²) in [4.78, 5) is 23.0. The van der Waals surface area contributed by atoms with Gasteiger partial charge in [0.25, 0.3) is 0 Å². The molecule has 32 heavy (non-hydrogen) atoms. The van der Waals surface area contributed by atoms with Gasteiger partial charge in [0.1, 0.15) is 5.00 Å². The fourth-order valence-corrected chi connectivity index (χ4v) is 6.47. The SMILES string of the molecule is CC(=O)Nc1sc2c(c1C(c1cccnc1)N1CCN(c3ccccc3)CC1)CCCC2. The Morgan fingerprint density at radius 3 is 2.53 bits per heavy atom. The van der Waals surface area contributed by atoms with Gasteiger partial charge in [-0.05, 0) is 55.0 Å². The van der Waals surface area contributed by atoms with Crippen LogP contribution in [0, 0.1) is 0 Å². The zero-order chi connectivity index (χ0) is 21.9. The highest BCUT2D eigenvalue weighted by molar-refractivity contribution is 7.16. The summed E-state index contributed by atoms with van der Waals surface area (Å²) in [6, 6.07) is 15.0. The number of para-hydroxylation sites is 1. The molecular weight excluding hydrogens is 416 g/mol. The average molecular weight is 447 g/mol.